The fourth-order valence-corrected chi connectivity index (χ4v) is 9.88. The predicted octanol–water partition coefficient (Wildman–Crippen LogP) is 19.8. The van der Waals surface area contributed by atoms with Gasteiger partial charge in [-0.15, -0.1) is 0 Å². The molecule has 0 aliphatic carbocycles. The molecule has 0 aromatic carbocycles. The minimum Gasteiger partial charge on any atom is -0.466 e. The molecule has 2 atom stereocenters. The predicted molar refractivity (Wildman–Crippen MR) is 306 cm³/mol. The summed E-state index contributed by atoms with van der Waals surface area (Å²) in [7, 11) is 0. The van der Waals surface area contributed by atoms with Gasteiger partial charge < -0.3 is 20.3 Å². The first kappa shape index (κ1) is 68.3. The number of aliphatic hydroxyl groups excluding tert-OH is 2. The van der Waals surface area contributed by atoms with Crippen LogP contribution in [0.25, 0.3) is 0 Å². The van der Waals surface area contributed by atoms with Crippen molar-refractivity contribution in [2.45, 2.75) is 360 Å². The van der Waals surface area contributed by atoms with E-state index >= 15 is 0 Å². The van der Waals surface area contributed by atoms with Gasteiger partial charge in [0.15, 0.2) is 0 Å². The Morgan fingerprint density at radius 3 is 1.04 bits per heavy atom. The summed E-state index contributed by atoms with van der Waals surface area (Å²) in [4.78, 5) is 24.6. The van der Waals surface area contributed by atoms with Gasteiger partial charge in [-0.05, 0) is 51.4 Å². The SMILES string of the molecule is CCCCCCCCCCCCCCCCCCCCCCCCC/C=C/C(O)C(CO)NC(=O)CCC/C=C\CCCCCCOC(=O)CCCCCCCCCCCCCCCCCCCCC. The number of carbonyl (C=O) groups excluding carboxylic acids is 2. The number of ether oxygens (including phenoxy) is 1. The number of amides is 1. The molecular formula is C64H123NO5. The minimum absolute atomic E-state index is 0.0322. The van der Waals surface area contributed by atoms with Crippen molar-refractivity contribution in [3.8, 4) is 0 Å². The van der Waals surface area contributed by atoms with Crippen LogP contribution in [-0.2, 0) is 14.3 Å². The summed E-state index contributed by atoms with van der Waals surface area (Å²) < 4.78 is 5.47. The van der Waals surface area contributed by atoms with Crippen LogP contribution in [0.15, 0.2) is 24.3 Å². The second kappa shape index (κ2) is 59.9. The van der Waals surface area contributed by atoms with E-state index in [0.29, 0.717) is 19.4 Å². The number of unbranched alkanes of at least 4 members (excludes halogenated alkanes) is 46. The van der Waals surface area contributed by atoms with Crippen molar-refractivity contribution in [1.29, 1.82) is 0 Å². The van der Waals surface area contributed by atoms with Gasteiger partial charge in [-0.3, -0.25) is 9.59 Å². The van der Waals surface area contributed by atoms with E-state index < -0.39 is 12.1 Å². The Balaban J connectivity index is 3.51. The molecule has 0 aliphatic heterocycles. The fourth-order valence-electron chi connectivity index (χ4n) is 9.88. The van der Waals surface area contributed by atoms with Gasteiger partial charge in [0.2, 0.25) is 5.91 Å². The fraction of sp³-hybridized carbons (Fsp3) is 0.906. The van der Waals surface area contributed by atoms with Gasteiger partial charge in [0, 0.05) is 12.8 Å². The minimum atomic E-state index is -0.876. The van der Waals surface area contributed by atoms with Gasteiger partial charge >= 0.3 is 5.97 Å². The third kappa shape index (κ3) is 55.7. The molecule has 6 heteroatoms. The normalized spacial score (nSPS) is 12.7. The lowest BCUT2D eigenvalue weighted by Crippen LogP contribution is -2.45. The maximum atomic E-state index is 12.5. The van der Waals surface area contributed by atoms with Crippen LogP contribution in [0.3, 0.4) is 0 Å². The third-order valence-electron chi connectivity index (χ3n) is 14.7. The average molecular weight is 987 g/mol. The molecule has 414 valence electrons. The number of allylic oxidation sites excluding steroid dienone is 3. The van der Waals surface area contributed by atoms with Crippen molar-refractivity contribution < 1.29 is 24.5 Å². The summed E-state index contributed by atoms with van der Waals surface area (Å²) in [6, 6.07) is -0.666. The second-order valence-electron chi connectivity index (χ2n) is 21.7. The maximum Gasteiger partial charge on any atom is 0.305 e. The van der Waals surface area contributed by atoms with E-state index in [1.807, 2.05) is 6.08 Å². The van der Waals surface area contributed by atoms with Crippen molar-refractivity contribution in [1.82, 2.24) is 5.32 Å². The van der Waals surface area contributed by atoms with Gasteiger partial charge in [0.25, 0.3) is 0 Å². The quantitative estimate of drug-likeness (QED) is 0.0321. The molecule has 6 nitrogen and oxygen atoms in total. The second-order valence-corrected chi connectivity index (χ2v) is 21.7. The summed E-state index contributed by atoms with van der Waals surface area (Å²) in [5.74, 6) is -0.156. The molecule has 0 rings (SSSR count). The van der Waals surface area contributed by atoms with Crippen molar-refractivity contribution in [3.05, 3.63) is 24.3 Å². The van der Waals surface area contributed by atoms with E-state index in [1.165, 1.54) is 250 Å². The molecule has 70 heavy (non-hydrogen) atoms. The van der Waals surface area contributed by atoms with Crippen LogP contribution >= 0.6 is 0 Å². The average Bonchev–Trinajstić information content (AvgIpc) is 3.36. The van der Waals surface area contributed by atoms with Crippen LogP contribution < -0.4 is 5.32 Å². The molecular weight excluding hydrogens is 863 g/mol. The zero-order valence-corrected chi connectivity index (χ0v) is 47.3. The van der Waals surface area contributed by atoms with Gasteiger partial charge in [0.05, 0.1) is 25.4 Å². The highest BCUT2D eigenvalue weighted by Gasteiger charge is 2.18. The lowest BCUT2D eigenvalue weighted by Gasteiger charge is -2.19. The van der Waals surface area contributed by atoms with Crippen LogP contribution in [0, 0.1) is 0 Å². The Bertz CT molecular complexity index is 1090. The van der Waals surface area contributed by atoms with Gasteiger partial charge in [-0.1, -0.05) is 308 Å². The van der Waals surface area contributed by atoms with E-state index in [2.05, 4.69) is 31.3 Å². The van der Waals surface area contributed by atoms with Crippen molar-refractivity contribution >= 4 is 11.9 Å². The molecule has 0 fully saturated rings. The van der Waals surface area contributed by atoms with Gasteiger partial charge in [0.1, 0.15) is 0 Å². The first-order chi connectivity index (χ1) is 34.5. The van der Waals surface area contributed by atoms with Crippen LogP contribution in [0.5, 0.6) is 0 Å². The number of hydrogen-bond donors (Lipinski definition) is 3. The molecule has 0 spiro atoms. The van der Waals surface area contributed by atoms with Gasteiger partial charge in [-0.2, -0.15) is 0 Å². The number of esters is 1. The smallest absolute Gasteiger partial charge is 0.305 e. The van der Waals surface area contributed by atoms with Crippen molar-refractivity contribution in [2.75, 3.05) is 13.2 Å². The first-order valence-corrected chi connectivity index (χ1v) is 31.6. The Morgan fingerprint density at radius 2 is 0.686 bits per heavy atom. The molecule has 1 amide bonds. The van der Waals surface area contributed by atoms with E-state index in [4.69, 9.17) is 4.74 Å². The molecule has 0 heterocycles. The van der Waals surface area contributed by atoms with E-state index in [9.17, 15) is 19.8 Å². The maximum absolute atomic E-state index is 12.5. The van der Waals surface area contributed by atoms with Crippen molar-refractivity contribution in [2.24, 2.45) is 0 Å². The Morgan fingerprint density at radius 1 is 0.386 bits per heavy atom. The lowest BCUT2D eigenvalue weighted by atomic mass is 10.0. The molecule has 0 aromatic heterocycles. The highest BCUT2D eigenvalue weighted by Crippen LogP contribution is 2.18. The Labute approximate surface area is 437 Å². The number of carbonyl (C=O) groups is 2. The molecule has 0 radical (unpaired) electrons. The van der Waals surface area contributed by atoms with Crippen LogP contribution in [0.2, 0.25) is 0 Å². The molecule has 0 bridgehead atoms. The van der Waals surface area contributed by atoms with Crippen LogP contribution in [0.1, 0.15) is 348 Å². The number of nitrogens with one attached hydrogen (secondary N) is 1. The molecule has 2 unspecified atom stereocenters. The highest BCUT2D eigenvalue weighted by molar-refractivity contribution is 5.76. The summed E-state index contributed by atoms with van der Waals surface area (Å²) in [5.41, 5.74) is 0. The zero-order chi connectivity index (χ0) is 50.7. The molecule has 0 saturated heterocycles. The Hall–Kier alpha value is -1.66. The molecule has 3 N–H and O–H groups in total. The van der Waals surface area contributed by atoms with Crippen molar-refractivity contribution in [3.63, 3.8) is 0 Å². The standard InChI is InChI=1S/C64H123NO5/c1-3-5-7-9-11-13-15-17-19-21-23-24-25-26-27-28-30-31-33-35-37-40-44-48-52-56-62(67)61(60-66)65-63(68)57-53-49-45-41-39-43-47-51-55-59-70-64(69)58-54-50-46-42-38-36-34-32-29-22-20-18-16-14-12-10-8-6-4-2/h41,45,52,56,61-62,66-67H,3-40,42-44,46-51,53-55,57-60H2,1-2H3,(H,65,68)/b45-41-,56-52+. The van der Waals surface area contributed by atoms with Crippen LogP contribution in [-0.4, -0.2) is 47.4 Å². The monoisotopic (exact) mass is 986 g/mol. The van der Waals surface area contributed by atoms with E-state index in [1.54, 1.807) is 6.08 Å². The molecule has 0 aliphatic rings. The number of rotatable bonds is 59. The molecule has 0 saturated carbocycles. The van der Waals surface area contributed by atoms with E-state index in [0.717, 1.165) is 70.6 Å². The number of aliphatic hydroxyl groups is 2. The highest BCUT2D eigenvalue weighted by atomic mass is 16.5. The van der Waals surface area contributed by atoms with Gasteiger partial charge in [-0.25, -0.2) is 0 Å². The van der Waals surface area contributed by atoms with Crippen LogP contribution in [0.4, 0.5) is 0 Å². The number of hydrogen-bond acceptors (Lipinski definition) is 5. The largest absolute Gasteiger partial charge is 0.466 e. The lowest BCUT2D eigenvalue weighted by molar-refractivity contribution is -0.143. The zero-order valence-electron chi connectivity index (χ0n) is 47.3. The summed E-state index contributed by atoms with van der Waals surface area (Å²) in [6.45, 7) is 4.85. The summed E-state index contributed by atoms with van der Waals surface area (Å²) in [6.07, 6.45) is 73.8. The summed E-state index contributed by atoms with van der Waals surface area (Å²) >= 11 is 0. The molecule has 0 aromatic rings. The third-order valence-corrected chi connectivity index (χ3v) is 14.7. The summed E-state index contributed by atoms with van der Waals surface area (Å²) in [5, 5.41) is 23.2. The Kier molecular flexibility index (Phi) is 58.5. The van der Waals surface area contributed by atoms with E-state index in [-0.39, 0.29) is 18.5 Å². The topological polar surface area (TPSA) is 95.9 Å². The first-order valence-electron chi connectivity index (χ1n) is 31.6.